The number of hydrogen-bond acceptors (Lipinski definition) is 4. The van der Waals surface area contributed by atoms with Gasteiger partial charge in [0.25, 0.3) is 0 Å². The van der Waals surface area contributed by atoms with E-state index in [1.807, 2.05) is 60.8 Å². The fourth-order valence-corrected chi connectivity index (χ4v) is 4.50. The average molecular weight is 438 g/mol. The van der Waals surface area contributed by atoms with Crippen molar-refractivity contribution in [1.29, 1.82) is 0 Å². The van der Waals surface area contributed by atoms with Gasteiger partial charge in [-0.2, -0.15) is 4.68 Å². The highest BCUT2D eigenvalue weighted by atomic mass is 16.3. The first-order valence-electron chi connectivity index (χ1n) is 11.5. The summed E-state index contributed by atoms with van der Waals surface area (Å²) in [5.41, 5.74) is 4.47. The molecule has 0 aliphatic carbocycles. The summed E-state index contributed by atoms with van der Waals surface area (Å²) in [7, 11) is 0. The molecular weight excluding hydrogens is 404 g/mol. The smallest absolute Gasteiger partial charge is 0.340 e. The van der Waals surface area contributed by atoms with Crippen molar-refractivity contribution in [3.63, 3.8) is 0 Å². The number of likely N-dealkylation sites (N-methyl/N-ethyl adjacent to an activating group) is 1. The summed E-state index contributed by atoms with van der Waals surface area (Å²) in [4.78, 5) is 30.0. The summed E-state index contributed by atoms with van der Waals surface area (Å²) in [5.74, 6) is 0.177. The number of fused-ring (bicyclic) bond motifs is 1. The van der Waals surface area contributed by atoms with Crippen LogP contribution in [0, 0.1) is 25.7 Å². The zero-order valence-corrected chi connectivity index (χ0v) is 19.5. The Kier molecular flexibility index (Phi) is 6.41. The van der Waals surface area contributed by atoms with E-state index in [4.69, 9.17) is 0 Å². The summed E-state index contributed by atoms with van der Waals surface area (Å²) < 4.78 is 4.33. The van der Waals surface area contributed by atoms with E-state index in [9.17, 15) is 9.70 Å². The number of piperazine rings is 1. The highest BCUT2D eigenvalue weighted by Crippen LogP contribution is 2.22. The van der Waals surface area contributed by atoms with Crippen LogP contribution in [0.4, 0.5) is 0 Å². The Bertz CT molecular complexity index is 1170. The minimum atomic E-state index is 0.177. The van der Waals surface area contributed by atoms with Gasteiger partial charge in [0, 0.05) is 38.8 Å². The number of carbonyl (C=O) groups is 1. The molecule has 1 aromatic carbocycles. The fourth-order valence-electron chi connectivity index (χ4n) is 4.50. The molecule has 1 aliphatic heterocycles. The second-order valence-corrected chi connectivity index (χ2v) is 8.70. The standard InChI is InChI=1S/C24H33N6O2/c1-5-26-13-15-27(16-14-26)22(31)7-6-12-28-17-19(3)23-20(4)29(25-24(23)30(28)32)21-10-8-18(2)9-11-21/h8-11,17H,5-7,12-16H2,1-4H3/q+1. The van der Waals surface area contributed by atoms with E-state index >= 15 is 0 Å². The van der Waals surface area contributed by atoms with Crippen LogP contribution in [-0.4, -0.2) is 62.9 Å². The van der Waals surface area contributed by atoms with Gasteiger partial charge in [0.05, 0.1) is 27.6 Å². The first-order chi connectivity index (χ1) is 15.4. The number of aromatic nitrogens is 4. The first kappa shape index (κ1) is 22.2. The van der Waals surface area contributed by atoms with Crippen LogP contribution in [-0.2, 0) is 11.3 Å². The van der Waals surface area contributed by atoms with E-state index in [1.54, 1.807) is 4.68 Å². The molecule has 3 aromatic rings. The normalized spacial score (nSPS) is 14.9. The van der Waals surface area contributed by atoms with E-state index in [2.05, 4.69) is 16.9 Å². The van der Waals surface area contributed by atoms with Gasteiger partial charge in [-0.3, -0.25) is 4.79 Å². The summed E-state index contributed by atoms with van der Waals surface area (Å²) in [6.45, 7) is 13.2. The fraction of sp³-hybridized carbons (Fsp3) is 0.500. The Labute approximate surface area is 188 Å². The lowest BCUT2D eigenvalue weighted by Gasteiger charge is -2.34. The van der Waals surface area contributed by atoms with Crippen molar-refractivity contribution in [2.75, 3.05) is 32.7 Å². The molecule has 4 rings (SSSR count). The Morgan fingerprint density at radius 1 is 1.06 bits per heavy atom. The van der Waals surface area contributed by atoms with Crippen molar-refractivity contribution in [3.8, 4) is 5.69 Å². The molecule has 3 heterocycles. The van der Waals surface area contributed by atoms with Crippen LogP contribution in [0.15, 0.2) is 30.5 Å². The lowest BCUT2D eigenvalue weighted by atomic mass is 10.2. The van der Waals surface area contributed by atoms with E-state index in [1.165, 1.54) is 5.56 Å². The monoisotopic (exact) mass is 437 g/mol. The Hall–Kier alpha value is -3.00. The van der Waals surface area contributed by atoms with Crippen LogP contribution in [0.5, 0.6) is 0 Å². The number of amides is 1. The molecule has 32 heavy (non-hydrogen) atoms. The maximum absolute atomic E-state index is 13.1. The molecule has 2 aromatic heterocycles. The van der Waals surface area contributed by atoms with Gasteiger partial charge in [0.1, 0.15) is 5.39 Å². The first-order valence-corrected chi connectivity index (χ1v) is 11.5. The lowest BCUT2D eigenvalue weighted by molar-refractivity contribution is -0.574. The van der Waals surface area contributed by atoms with Crippen LogP contribution in [0.25, 0.3) is 16.7 Å². The number of carbonyl (C=O) groups excluding carboxylic acids is 1. The molecule has 1 amide bonds. The van der Waals surface area contributed by atoms with Crippen LogP contribution in [0.3, 0.4) is 0 Å². The lowest BCUT2D eigenvalue weighted by Crippen LogP contribution is -2.48. The topological polar surface area (TPSA) is 69.3 Å². The van der Waals surface area contributed by atoms with E-state index in [0.717, 1.165) is 59.6 Å². The van der Waals surface area contributed by atoms with Crippen LogP contribution in [0.2, 0.25) is 0 Å². The molecule has 0 saturated carbocycles. The second kappa shape index (κ2) is 9.24. The summed E-state index contributed by atoms with van der Waals surface area (Å²) in [5, 5.41) is 5.51. The molecule has 0 atom stereocenters. The Morgan fingerprint density at radius 3 is 2.41 bits per heavy atom. The van der Waals surface area contributed by atoms with Crippen molar-refractivity contribution in [3.05, 3.63) is 52.2 Å². The zero-order chi connectivity index (χ0) is 22.8. The van der Waals surface area contributed by atoms with Gasteiger partial charge in [-0.1, -0.05) is 24.6 Å². The van der Waals surface area contributed by atoms with Gasteiger partial charge in [0.2, 0.25) is 5.91 Å². The molecular formula is C24H33N6O2+. The number of benzene rings is 1. The predicted octanol–water partition coefficient (Wildman–Crippen LogP) is 2.61. The van der Waals surface area contributed by atoms with Crippen molar-refractivity contribution in [2.45, 2.75) is 47.1 Å². The minimum absolute atomic E-state index is 0.177. The highest BCUT2D eigenvalue weighted by molar-refractivity contribution is 5.79. The molecule has 0 radical (unpaired) electrons. The van der Waals surface area contributed by atoms with Crippen molar-refractivity contribution >= 4 is 16.9 Å². The molecule has 170 valence electrons. The van der Waals surface area contributed by atoms with Crippen molar-refractivity contribution in [1.82, 2.24) is 24.3 Å². The maximum atomic E-state index is 13.1. The van der Waals surface area contributed by atoms with E-state index in [0.29, 0.717) is 25.0 Å². The van der Waals surface area contributed by atoms with Crippen LogP contribution in [0.1, 0.15) is 36.6 Å². The van der Waals surface area contributed by atoms with Crippen LogP contribution < -0.4 is 4.54 Å². The molecule has 0 bridgehead atoms. The predicted molar refractivity (Wildman–Crippen MR) is 125 cm³/mol. The number of aryl methyl sites for hydroxylation is 4. The summed E-state index contributed by atoms with van der Waals surface area (Å²) in [6.07, 6.45) is 2.95. The van der Waals surface area contributed by atoms with Gasteiger partial charge in [0.15, 0.2) is 0 Å². The largest absolute Gasteiger partial charge is 0.422 e. The number of rotatable bonds is 6. The Morgan fingerprint density at radius 2 is 1.75 bits per heavy atom. The van der Waals surface area contributed by atoms with Crippen LogP contribution >= 0.6 is 0 Å². The maximum Gasteiger partial charge on any atom is 0.422 e. The van der Waals surface area contributed by atoms with E-state index in [-0.39, 0.29) is 5.91 Å². The number of nitrogens with zero attached hydrogens (tertiary/aromatic N) is 6. The van der Waals surface area contributed by atoms with Gasteiger partial charge in [-0.25, -0.2) is 0 Å². The van der Waals surface area contributed by atoms with E-state index < -0.39 is 0 Å². The van der Waals surface area contributed by atoms with Gasteiger partial charge in [-0.15, -0.1) is 4.68 Å². The summed E-state index contributed by atoms with van der Waals surface area (Å²) >= 11 is 0. The SMILES string of the molecule is CCN1CCN(C(=O)CCCn2cc(C)c3c(C)n(-c4ccc(C)cc4)nc3[n+]2=O)CC1. The molecule has 0 unspecified atom stereocenters. The quantitative estimate of drug-likeness (QED) is 0.556. The third-order valence-corrected chi connectivity index (χ3v) is 6.48. The van der Waals surface area contributed by atoms with Gasteiger partial charge >= 0.3 is 5.65 Å². The second-order valence-electron chi connectivity index (χ2n) is 8.70. The average Bonchev–Trinajstić information content (AvgIpc) is 3.15. The third kappa shape index (κ3) is 4.32. The van der Waals surface area contributed by atoms with Crippen molar-refractivity contribution < 1.29 is 9.34 Å². The molecule has 8 nitrogen and oxygen atoms in total. The van der Waals surface area contributed by atoms with Gasteiger partial charge < -0.3 is 9.80 Å². The van der Waals surface area contributed by atoms with Crippen molar-refractivity contribution in [2.24, 2.45) is 0 Å². The molecule has 0 spiro atoms. The minimum Gasteiger partial charge on any atom is -0.340 e. The molecule has 1 fully saturated rings. The molecule has 0 N–H and O–H groups in total. The van der Waals surface area contributed by atoms with Gasteiger partial charge in [-0.05, 0) is 56.3 Å². The molecule has 1 saturated heterocycles. The Balaban J connectivity index is 1.49. The number of hydrogen-bond donors (Lipinski definition) is 0. The highest BCUT2D eigenvalue weighted by Gasteiger charge is 2.24. The third-order valence-electron chi connectivity index (χ3n) is 6.48. The summed E-state index contributed by atoms with van der Waals surface area (Å²) in [6, 6.07) is 8.11. The molecule has 1 aliphatic rings. The zero-order valence-electron chi connectivity index (χ0n) is 19.5. The molecule has 8 heteroatoms.